The first-order chi connectivity index (χ1) is 16.4. The second-order valence-corrected chi connectivity index (χ2v) is 10.9. The summed E-state index contributed by atoms with van der Waals surface area (Å²) in [4.78, 5) is 21.0. The van der Waals surface area contributed by atoms with E-state index >= 15 is 0 Å². The van der Waals surface area contributed by atoms with Crippen LogP contribution in [-0.2, 0) is 10.0 Å². The molecule has 1 N–H and O–H groups in total. The first-order valence-corrected chi connectivity index (χ1v) is 13.3. The lowest BCUT2D eigenvalue weighted by Crippen LogP contribution is -2.46. The maximum Gasteiger partial charge on any atom is 0.254 e. The molecule has 174 valence electrons. The number of carbonyl (C=O) groups excluding carboxylic acids is 1. The van der Waals surface area contributed by atoms with Crippen molar-refractivity contribution in [1.29, 1.82) is 0 Å². The van der Waals surface area contributed by atoms with E-state index in [4.69, 9.17) is 4.98 Å². The summed E-state index contributed by atoms with van der Waals surface area (Å²) in [6.45, 7) is 0.862. The van der Waals surface area contributed by atoms with Crippen LogP contribution < -0.4 is 4.72 Å². The van der Waals surface area contributed by atoms with Gasteiger partial charge >= 0.3 is 0 Å². The molecule has 3 heterocycles. The number of aromatic nitrogens is 1. The zero-order chi connectivity index (χ0) is 23.7. The highest BCUT2D eigenvalue weighted by molar-refractivity contribution is 7.89. The van der Waals surface area contributed by atoms with E-state index in [0.29, 0.717) is 31.5 Å². The molecule has 0 saturated carbocycles. The van der Waals surface area contributed by atoms with Crippen molar-refractivity contribution in [3.63, 3.8) is 0 Å². The molecule has 4 aromatic rings. The summed E-state index contributed by atoms with van der Waals surface area (Å²) in [5, 5.41) is 2.78. The van der Waals surface area contributed by atoms with E-state index < -0.39 is 15.8 Å². The van der Waals surface area contributed by atoms with Gasteiger partial charge in [0, 0.05) is 24.5 Å². The molecule has 0 unspecified atom stereocenters. The molecule has 34 heavy (non-hydrogen) atoms. The standard InChI is InChI=1S/C25H22FN3O3S2/c26-17-7-9-19(10-8-17)34(31,32)28-18-11-13-29(14-12-18)25(30)21-16-23(24-6-3-15-33-24)27-22-5-2-1-4-20(21)22/h1-10,15-16,18,28H,11-14H2. The van der Waals surface area contributed by atoms with Crippen LogP contribution in [0.3, 0.4) is 0 Å². The lowest BCUT2D eigenvalue weighted by molar-refractivity contribution is 0.0713. The van der Waals surface area contributed by atoms with Gasteiger partial charge in [-0.3, -0.25) is 4.79 Å². The Labute approximate surface area is 201 Å². The van der Waals surface area contributed by atoms with E-state index in [9.17, 15) is 17.6 Å². The summed E-state index contributed by atoms with van der Waals surface area (Å²) < 4.78 is 41.1. The molecule has 0 aliphatic carbocycles. The average Bonchev–Trinajstić information content (AvgIpc) is 3.39. The highest BCUT2D eigenvalue weighted by Crippen LogP contribution is 2.29. The number of halogens is 1. The molecule has 1 aliphatic heterocycles. The Morgan fingerprint density at radius 1 is 1.03 bits per heavy atom. The molecule has 1 saturated heterocycles. The summed E-state index contributed by atoms with van der Waals surface area (Å²) in [5.74, 6) is -0.576. The Bertz CT molecular complexity index is 1430. The van der Waals surface area contributed by atoms with Gasteiger partial charge in [-0.15, -0.1) is 11.3 Å². The van der Waals surface area contributed by atoms with Crippen LogP contribution in [0.15, 0.2) is 77.0 Å². The van der Waals surface area contributed by atoms with Gasteiger partial charge in [0.25, 0.3) is 5.91 Å². The van der Waals surface area contributed by atoms with Crippen LogP contribution in [0.25, 0.3) is 21.5 Å². The third-order valence-corrected chi connectivity index (χ3v) is 8.38. The monoisotopic (exact) mass is 495 g/mol. The fraction of sp³-hybridized carbons (Fsp3) is 0.200. The lowest BCUT2D eigenvalue weighted by atomic mass is 10.0. The van der Waals surface area contributed by atoms with Crippen LogP contribution in [0.1, 0.15) is 23.2 Å². The molecule has 1 amide bonds. The second-order valence-electron chi connectivity index (χ2n) is 8.19. The topological polar surface area (TPSA) is 79.4 Å². The zero-order valence-electron chi connectivity index (χ0n) is 18.1. The van der Waals surface area contributed by atoms with Crippen molar-refractivity contribution in [1.82, 2.24) is 14.6 Å². The molecule has 2 aromatic heterocycles. The molecule has 9 heteroatoms. The van der Waals surface area contributed by atoms with Crippen LogP contribution in [0.5, 0.6) is 0 Å². The molecular weight excluding hydrogens is 473 g/mol. The van der Waals surface area contributed by atoms with E-state index in [2.05, 4.69) is 4.72 Å². The van der Waals surface area contributed by atoms with Gasteiger partial charge in [-0.05, 0) is 60.7 Å². The van der Waals surface area contributed by atoms with Crippen LogP contribution in [-0.4, -0.2) is 43.3 Å². The van der Waals surface area contributed by atoms with Crippen LogP contribution in [0.2, 0.25) is 0 Å². The SMILES string of the molecule is O=C(c1cc(-c2cccs2)nc2ccccc12)N1CCC(NS(=O)(=O)c2ccc(F)cc2)CC1. The molecule has 0 bridgehead atoms. The number of benzene rings is 2. The van der Waals surface area contributed by atoms with Gasteiger partial charge in [-0.1, -0.05) is 24.3 Å². The van der Waals surface area contributed by atoms with E-state index in [0.717, 1.165) is 33.6 Å². The maximum atomic E-state index is 13.5. The number of carbonyl (C=O) groups is 1. The van der Waals surface area contributed by atoms with E-state index in [1.54, 1.807) is 16.2 Å². The number of likely N-dealkylation sites (tertiary alicyclic amines) is 1. The number of fused-ring (bicyclic) bond motifs is 1. The minimum Gasteiger partial charge on any atom is -0.339 e. The van der Waals surface area contributed by atoms with Gasteiger partial charge < -0.3 is 4.90 Å². The van der Waals surface area contributed by atoms with E-state index in [1.807, 2.05) is 47.8 Å². The fourth-order valence-electron chi connectivity index (χ4n) is 4.17. The molecule has 0 spiro atoms. The number of sulfonamides is 1. The third kappa shape index (κ3) is 4.59. The summed E-state index contributed by atoms with van der Waals surface area (Å²) in [5.41, 5.74) is 2.12. The van der Waals surface area contributed by atoms with Gasteiger partial charge in [0.2, 0.25) is 10.0 Å². The minimum atomic E-state index is -3.75. The second kappa shape index (κ2) is 9.25. The molecule has 6 nitrogen and oxygen atoms in total. The Hall–Kier alpha value is -3.14. The van der Waals surface area contributed by atoms with Crippen molar-refractivity contribution < 1.29 is 17.6 Å². The predicted molar refractivity (Wildman–Crippen MR) is 131 cm³/mol. The minimum absolute atomic E-state index is 0.0248. The first-order valence-electron chi connectivity index (χ1n) is 10.9. The number of rotatable bonds is 5. The molecule has 0 radical (unpaired) electrons. The van der Waals surface area contributed by atoms with Crippen molar-refractivity contribution >= 4 is 38.2 Å². The normalized spacial score (nSPS) is 15.0. The summed E-state index contributed by atoms with van der Waals surface area (Å²) in [7, 11) is -3.75. The van der Waals surface area contributed by atoms with Gasteiger partial charge in [-0.2, -0.15) is 0 Å². The zero-order valence-corrected chi connectivity index (χ0v) is 19.8. The van der Waals surface area contributed by atoms with Crippen molar-refractivity contribution in [2.75, 3.05) is 13.1 Å². The summed E-state index contributed by atoms with van der Waals surface area (Å²) in [6.07, 6.45) is 0.986. The van der Waals surface area contributed by atoms with Crippen LogP contribution in [0.4, 0.5) is 4.39 Å². The Kier molecular flexibility index (Phi) is 6.16. The number of piperidine rings is 1. The highest BCUT2D eigenvalue weighted by atomic mass is 32.2. The lowest BCUT2D eigenvalue weighted by Gasteiger charge is -2.32. The van der Waals surface area contributed by atoms with Gasteiger partial charge in [0.15, 0.2) is 0 Å². The third-order valence-electron chi connectivity index (χ3n) is 5.95. The van der Waals surface area contributed by atoms with Gasteiger partial charge in [0.1, 0.15) is 5.82 Å². The maximum absolute atomic E-state index is 13.5. The van der Waals surface area contributed by atoms with E-state index in [-0.39, 0.29) is 16.8 Å². The van der Waals surface area contributed by atoms with Crippen LogP contribution >= 0.6 is 11.3 Å². The number of pyridine rings is 1. The van der Waals surface area contributed by atoms with Crippen molar-refractivity contribution in [3.05, 3.63) is 83.5 Å². The molecular formula is C25H22FN3O3S2. The summed E-state index contributed by atoms with van der Waals surface area (Å²) in [6, 6.07) is 17.8. The van der Waals surface area contributed by atoms with Crippen molar-refractivity contribution in [3.8, 4) is 10.6 Å². The van der Waals surface area contributed by atoms with Gasteiger partial charge in [0.05, 0.1) is 26.5 Å². The number of nitrogens with one attached hydrogen (secondary N) is 1. The molecule has 1 fully saturated rings. The number of nitrogens with zero attached hydrogens (tertiary/aromatic N) is 2. The predicted octanol–water partition coefficient (Wildman–Crippen LogP) is 4.69. The quantitative estimate of drug-likeness (QED) is 0.436. The Morgan fingerprint density at radius 3 is 2.47 bits per heavy atom. The van der Waals surface area contributed by atoms with Crippen LogP contribution in [0, 0.1) is 5.82 Å². The van der Waals surface area contributed by atoms with E-state index in [1.165, 1.54) is 12.1 Å². The average molecular weight is 496 g/mol. The number of hydrogen-bond donors (Lipinski definition) is 1. The van der Waals surface area contributed by atoms with Gasteiger partial charge in [-0.25, -0.2) is 22.5 Å². The molecule has 0 atom stereocenters. The number of amides is 1. The van der Waals surface area contributed by atoms with Crippen molar-refractivity contribution in [2.45, 2.75) is 23.8 Å². The molecule has 2 aromatic carbocycles. The smallest absolute Gasteiger partial charge is 0.254 e. The highest BCUT2D eigenvalue weighted by Gasteiger charge is 2.28. The molecule has 1 aliphatic rings. The number of para-hydroxylation sites is 1. The first kappa shape index (κ1) is 22.6. The number of thiophene rings is 1. The Morgan fingerprint density at radius 2 is 1.76 bits per heavy atom. The van der Waals surface area contributed by atoms with Crippen molar-refractivity contribution in [2.24, 2.45) is 0 Å². The number of hydrogen-bond acceptors (Lipinski definition) is 5. The Balaban J connectivity index is 1.33. The fourth-order valence-corrected chi connectivity index (χ4v) is 6.17. The largest absolute Gasteiger partial charge is 0.339 e. The molecule has 5 rings (SSSR count). The summed E-state index contributed by atoms with van der Waals surface area (Å²) >= 11 is 1.57.